The minimum Gasteiger partial charge on any atom is -0.383 e. The zero-order valence-electron chi connectivity index (χ0n) is 10.4. The normalized spacial score (nSPS) is 9.67. The van der Waals surface area contributed by atoms with Gasteiger partial charge in [-0.3, -0.25) is 4.79 Å². The summed E-state index contributed by atoms with van der Waals surface area (Å²) in [5, 5.41) is 7.77. The van der Waals surface area contributed by atoms with Gasteiger partial charge in [-0.05, 0) is 18.2 Å². The first-order valence-corrected chi connectivity index (χ1v) is 5.53. The number of anilines is 1. The van der Waals surface area contributed by atoms with Crippen molar-refractivity contribution in [2.75, 3.05) is 32.6 Å². The largest absolute Gasteiger partial charge is 0.383 e. The van der Waals surface area contributed by atoms with E-state index in [0.717, 1.165) is 0 Å². The lowest BCUT2D eigenvalue weighted by Crippen LogP contribution is -2.31. The van der Waals surface area contributed by atoms with Crippen LogP contribution in [0.25, 0.3) is 0 Å². The van der Waals surface area contributed by atoms with E-state index in [1.807, 2.05) is 0 Å². The molecule has 1 rings (SSSR count). The first-order valence-electron chi connectivity index (χ1n) is 5.53. The molecule has 98 valence electrons. The molecule has 18 heavy (non-hydrogen) atoms. The third-order valence-electron chi connectivity index (χ3n) is 2.20. The number of hydrogen-bond donors (Lipinski definition) is 3. The third kappa shape index (κ3) is 4.42. The molecule has 0 spiro atoms. The van der Waals surface area contributed by atoms with Crippen LogP contribution >= 0.6 is 0 Å². The summed E-state index contributed by atoms with van der Waals surface area (Å²) in [5.41, 5.74) is 1.05. The van der Waals surface area contributed by atoms with E-state index in [1.54, 1.807) is 38.4 Å². The Balaban J connectivity index is 2.56. The average molecular weight is 251 g/mol. The molecule has 0 unspecified atom stereocenters. The van der Waals surface area contributed by atoms with E-state index in [-0.39, 0.29) is 11.9 Å². The van der Waals surface area contributed by atoms with Gasteiger partial charge in [0.15, 0.2) is 0 Å². The molecular weight excluding hydrogens is 234 g/mol. The van der Waals surface area contributed by atoms with Crippen molar-refractivity contribution in [2.45, 2.75) is 0 Å². The highest BCUT2D eigenvalue weighted by molar-refractivity contribution is 5.96. The van der Waals surface area contributed by atoms with Crippen LogP contribution in [0.15, 0.2) is 24.3 Å². The van der Waals surface area contributed by atoms with Crippen LogP contribution in [-0.2, 0) is 4.74 Å². The molecule has 1 aromatic carbocycles. The summed E-state index contributed by atoms with van der Waals surface area (Å²) in [6.07, 6.45) is 0. The van der Waals surface area contributed by atoms with Gasteiger partial charge in [0.1, 0.15) is 0 Å². The van der Waals surface area contributed by atoms with Gasteiger partial charge in [-0.2, -0.15) is 0 Å². The number of carbonyl (C=O) groups is 2. The highest BCUT2D eigenvalue weighted by Crippen LogP contribution is 2.10. The minimum absolute atomic E-state index is 0.196. The Labute approximate surface area is 106 Å². The van der Waals surface area contributed by atoms with E-state index < -0.39 is 0 Å². The van der Waals surface area contributed by atoms with Crippen LogP contribution in [0, 0.1) is 0 Å². The third-order valence-corrected chi connectivity index (χ3v) is 2.20. The lowest BCUT2D eigenvalue weighted by atomic mass is 10.2. The number of amides is 3. The van der Waals surface area contributed by atoms with Gasteiger partial charge < -0.3 is 20.7 Å². The fourth-order valence-corrected chi connectivity index (χ4v) is 1.32. The van der Waals surface area contributed by atoms with Crippen molar-refractivity contribution in [3.8, 4) is 0 Å². The number of ether oxygens (including phenoxy) is 1. The van der Waals surface area contributed by atoms with Crippen molar-refractivity contribution in [3.05, 3.63) is 29.8 Å². The smallest absolute Gasteiger partial charge is 0.319 e. The standard InChI is InChI=1S/C12H17N3O3/c1-13-11(16)9-4-3-5-10(8-9)15-12(17)14-6-7-18-2/h3-5,8H,6-7H2,1-2H3,(H,13,16)(H2,14,15,17). The molecule has 0 aliphatic heterocycles. The number of benzene rings is 1. The maximum Gasteiger partial charge on any atom is 0.319 e. The Hall–Kier alpha value is -2.08. The predicted octanol–water partition coefficient (Wildman–Crippen LogP) is 0.814. The van der Waals surface area contributed by atoms with Crippen LogP contribution in [0.2, 0.25) is 0 Å². The molecule has 6 nitrogen and oxygen atoms in total. The Kier molecular flexibility index (Phi) is 5.66. The molecule has 3 N–H and O–H groups in total. The second-order valence-corrected chi connectivity index (χ2v) is 3.53. The van der Waals surface area contributed by atoms with E-state index >= 15 is 0 Å². The quantitative estimate of drug-likeness (QED) is 0.678. The van der Waals surface area contributed by atoms with Gasteiger partial charge in [0.05, 0.1) is 6.61 Å². The van der Waals surface area contributed by atoms with Crippen molar-refractivity contribution in [3.63, 3.8) is 0 Å². The Morgan fingerprint density at radius 1 is 1.33 bits per heavy atom. The molecule has 0 aliphatic carbocycles. The van der Waals surface area contributed by atoms with Crippen molar-refractivity contribution < 1.29 is 14.3 Å². The van der Waals surface area contributed by atoms with Gasteiger partial charge >= 0.3 is 6.03 Å². The summed E-state index contributed by atoms with van der Waals surface area (Å²) in [6.45, 7) is 0.878. The number of carbonyl (C=O) groups excluding carboxylic acids is 2. The Morgan fingerprint density at radius 2 is 2.11 bits per heavy atom. The number of urea groups is 1. The molecule has 0 atom stereocenters. The lowest BCUT2D eigenvalue weighted by molar-refractivity contribution is 0.0963. The monoisotopic (exact) mass is 251 g/mol. The fourth-order valence-electron chi connectivity index (χ4n) is 1.32. The molecule has 0 bridgehead atoms. The van der Waals surface area contributed by atoms with Crippen LogP contribution in [-0.4, -0.2) is 39.2 Å². The number of rotatable bonds is 5. The van der Waals surface area contributed by atoms with E-state index in [9.17, 15) is 9.59 Å². The van der Waals surface area contributed by atoms with Gasteiger partial charge in [0.25, 0.3) is 5.91 Å². The molecule has 0 saturated carbocycles. The van der Waals surface area contributed by atoms with Crippen molar-refractivity contribution in [1.29, 1.82) is 0 Å². The summed E-state index contributed by atoms with van der Waals surface area (Å²) in [5.74, 6) is -0.196. The molecule has 0 radical (unpaired) electrons. The summed E-state index contributed by atoms with van der Waals surface area (Å²) in [6, 6.07) is 6.36. The molecule has 0 aliphatic rings. The van der Waals surface area contributed by atoms with Gasteiger partial charge in [-0.15, -0.1) is 0 Å². The predicted molar refractivity (Wildman–Crippen MR) is 68.7 cm³/mol. The van der Waals surface area contributed by atoms with Crippen LogP contribution in [0.1, 0.15) is 10.4 Å². The molecule has 3 amide bonds. The molecule has 1 aromatic rings. The van der Waals surface area contributed by atoms with Gasteiger partial charge in [-0.1, -0.05) is 6.07 Å². The van der Waals surface area contributed by atoms with Crippen molar-refractivity contribution >= 4 is 17.6 Å². The topological polar surface area (TPSA) is 79.5 Å². The Morgan fingerprint density at radius 3 is 2.78 bits per heavy atom. The fraction of sp³-hybridized carbons (Fsp3) is 0.333. The second kappa shape index (κ2) is 7.29. The summed E-state index contributed by atoms with van der Waals surface area (Å²) < 4.78 is 4.81. The number of hydrogen-bond acceptors (Lipinski definition) is 3. The first kappa shape index (κ1) is 14.0. The van der Waals surface area contributed by atoms with Gasteiger partial charge in [0.2, 0.25) is 0 Å². The molecule has 0 fully saturated rings. The minimum atomic E-state index is -0.332. The SMILES string of the molecule is CNC(=O)c1cccc(NC(=O)NCCOC)c1. The van der Waals surface area contributed by atoms with E-state index in [0.29, 0.717) is 24.4 Å². The van der Waals surface area contributed by atoms with Crippen molar-refractivity contribution in [1.82, 2.24) is 10.6 Å². The lowest BCUT2D eigenvalue weighted by Gasteiger charge is -2.08. The summed E-state index contributed by atoms with van der Waals surface area (Å²) in [7, 11) is 3.12. The summed E-state index contributed by atoms with van der Waals surface area (Å²) in [4.78, 5) is 22.9. The van der Waals surface area contributed by atoms with Gasteiger partial charge in [-0.25, -0.2) is 4.79 Å². The molecule has 0 saturated heterocycles. The van der Waals surface area contributed by atoms with Crippen molar-refractivity contribution in [2.24, 2.45) is 0 Å². The second-order valence-electron chi connectivity index (χ2n) is 3.53. The Bertz CT molecular complexity index is 421. The number of nitrogens with one attached hydrogen (secondary N) is 3. The first-order chi connectivity index (χ1) is 8.67. The zero-order chi connectivity index (χ0) is 13.4. The average Bonchev–Trinajstić information content (AvgIpc) is 2.38. The van der Waals surface area contributed by atoms with Crippen LogP contribution in [0.3, 0.4) is 0 Å². The van der Waals surface area contributed by atoms with E-state index in [4.69, 9.17) is 4.74 Å². The molecule has 0 heterocycles. The van der Waals surface area contributed by atoms with Crippen LogP contribution < -0.4 is 16.0 Å². The van der Waals surface area contributed by atoms with Crippen LogP contribution in [0.5, 0.6) is 0 Å². The molecular formula is C12H17N3O3. The van der Waals surface area contributed by atoms with E-state index in [1.165, 1.54) is 0 Å². The highest BCUT2D eigenvalue weighted by atomic mass is 16.5. The number of methoxy groups -OCH3 is 1. The van der Waals surface area contributed by atoms with Gasteiger partial charge in [0, 0.05) is 32.0 Å². The molecule has 0 aromatic heterocycles. The van der Waals surface area contributed by atoms with Crippen LogP contribution in [0.4, 0.5) is 10.5 Å². The summed E-state index contributed by atoms with van der Waals surface area (Å²) >= 11 is 0. The highest BCUT2D eigenvalue weighted by Gasteiger charge is 2.05. The maximum absolute atomic E-state index is 11.5. The van der Waals surface area contributed by atoms with E-state index in [2.05, 4.69) is 16.0 Å². The zero-order valence-corrected chi connectivity index (χ0v) is 10.4. The molecule has 6 heteroatoms. The maximum atomic E-state index is 11.5.